The fourth-order valence-corrected chi connectivity index (χ4v) is 3.52. The Balaban J connectivity index is 1.43. The third-order valence-electron chi connectivity index (χ3n) is 5.34. The summed E-state index contributed by atoms with van der Waals surface area (Å²) in [6.45, 7) is 5.72. The van der Waals surface area contributed by atoms with Gasteiger partial charge in [0.15, 0.2) is 0 Å². The van der Waals surface area contributed by atoms with Crippen LogP contribution in [0.25, 0.3) is 11.3 Å². The normalized spacial score (nSPS) is 11.5. The third kappa shape index (κ3) is 8.22. The van der Waals surface area contributed by atoms with Crippen molar-refractivity contribution in [1.29, 1.82) is 0 Å². The lowest BCUT2D eigenvalue weighted by Gasteiger charge is -2.17. The van der Waals surface area contributed by atoms with E-state index in [-0.39, 0.29) is 17.9 Å². The molecule has 7 nitrogen and oxygen atoms in total. The number of hydrogen-bond acceptors (Lipinski definition) is 6. The van der Waals surface area contributed by atoms with Crippen molar-refractivity contribution in [2.45, 2.75) is 32.7 Å². The standard InChI is InChI=1S/C28H33N3O4/c1-3-16-29-26(28(33)34-4-2)20-21-8-14-24(15-9-21)35-19-18-31-27(32)23-12-10-22(11-13-23)25-7-5-6-17-30-25/h5-15,17,26,29H,3-4,16,18-20H2,1-2H3,(H,31,32). The van der Waals surface area contributed by atoms with Crippen molar-refractivity contribution < 1.29 is 19.1 Å². The first-order valence-electron chi connectivity index (χ1n) is 12.0. The molecule has 3 aromatic rings. The smallest absolute Gasteiger partial charge is 0.323 e. The van der Waals surface area contributed by atoms with Gasteiger partial charge >= 0.3 is 5.97 Å². The number of aromatic nitrogens is 1. The number of benzene rings is 2. The maximum Gasteiger partial charge on any atom is 0.323 e. The fourth-order valence-electron chi connectivity index (χ4n) is 3.52. The van der Waals surface area contributed by atoms with E-state index in [1.54, 1.807) is 18.3 Å². The summed E-state index contributed by atoms with van der Waals surface area (Å²) in [4.78, 5) is 28.9. The Kier molecular flexibility index (Phi) is 10.3. The highest BCUT2D eigenvalue weighted by molar-refractivity contribution is 5.94. The van der Waals surface area contributed by atoms with Gasteiger partial charge in [-0.25, -0.2) is 0 Å². The van der Waals surface area contributed by atoms with E-state index in [0.29, 0.717) is 37.5 Å². The molecular weight excluding hydrogens is 442 g/mol. The molecule has 3 rings (SSSR count). The molecule has 1 aromatic heterocycles. The third-order valence-corrected chi connectivity index (χ3v) is 5.34. The molecule has 1 atom stereocenters. The average Bonchev–Trinajstić information content (AvgIpc) is 2.90. The molecule has 1 amide bonds. The van der Waals surface area contributed by atoms with Crippen LogP contribution in [0, 0.1) is 0 Å². The topological polar surface area (TPSA) is 89.5 Å². The molecule has 1 heterocycles. The van der Waals surface area contributed by atoms with Crippen molar-refractivity contribution in [2.24, 2.45) is 0 Å². The van der Waals surface area contributed by atoms with Crippen LogP contribution >= 0.6 is 0 Å². The largest absolute Gasteiger partial charge is 0.492 e. The van der Waals surface area contributed by atoms with Crippen molar-refractivity contribution in [2.75, 3.05) is 26.3 Å². The molecule has 0 saturated heterocycles. The zero-order chi connectivity index (χ0) is 24.9. The lowest BCUT2D eigenvalue weighted by atomic mass is 10.1. The number of esters is 1. The minimum absolute atomic E-state index is 0.152. The molecule has 2 N–H and O–H groups in total. The van der Waals surface area contributed by atoms with Crippen LogP contribution in [0.3, 0.4) is 0 Å². The summed E-state index contributed by atoms with van der Waals surface area (Å²) in [6, 6.07) is 20.3. The molecule has 2 aromatic carbocycles. The first-order chi connectivity index (χ1) is 17.1. The molecule has 0 radical (unpaired) electrons. The Labute approximate surface area is 206 Å². The number of carbonyl (C=O) groups is 2. The quantitative estimate of drug-likeness (QED) is 0.287. The van der Waals surface area contributed by atoms with E-state index >= 15 is 0 Å². The van der Waals surface area contributed by atoms with Crippen LogP contribution in [0.15, 0.2) is 72.9 Å². The molecule has 0 aliphatic heterocycles. The van der Waals surface area contributed by atoms with Crippen LogP contribution in [-0.4, -0.2) is 49.2 Å². The molecule has 0 spiro atoms. The van der Waals surface area contributed by atoms with Crippen molar-refractivity contribution in [1.82, 2.24) is 15.6 Å². The van der Waals surface area contributed by atoms with Gasteiger partial charge in [0.25, 0.3) is 5.91 Å². The first-order valence-corrected chi connectivity index (χ1v) is 12.0. The minimum Gasteiger partial charge on any atom is -0.492 e. The molecule has 0 saturated carbocycles. The predicted molar refractivity (Wildman–Crippen MR) is 136 cm³/mol. The number of ether oxygens (including phenoxy) is 2. The van der Waals surface area contributed by atoms with Gasteiger partial charge in [0.1, 0.15) is 18.4 Å². The number of nitrogens with zero attached hydrogens (tertiary/aromatic N) is 1. The second-order valence-electron chi connectivity index (χ2n) is 8.00. The van der Waals surface area contributed by atoms with Crippen LogP contribution in [0.4, 0.5) is 0 Å². The highest BCUT2D eigenvalue weighted by Gasteiger charge is 2.19. The summed E-state index contributed by atoms with van der Waals surface area (Å²) >= 11 is 0. The summed E-state index contributed by atoms with van der Waals surface area (Å²) < 4.78 is 10.9. The van der Waals surface area contributed by atoms with Crippen LogP contribution in [0.5, 0.6) is 5.75 Å². The van der Waals surface area contributed by atoms with Gasteiger partial charge < -0.3 is 20.1 Å². The summed E-state index contributed by atoms with van der Waals surface area (Å²) in [6.07, 6.45) is 3.23. The van der Waals surface area contributed by atoms with Gasteiger partial charge in [-0.15, -0.1) is 0 Å². The van der Waals surface area contributed by atoms with Gasteiger partial charge in [0.2, 0.25) is 0 Å². The van der Waals surface area contributed by atoms with E-state index in [0.717, 1.165) is 29.8 Å². The molecule has 7 heteroatoms. The molecule has 0 bridgehead atoms. The highest BCUT2D eigenvalue weighted by atomic mass is 16.5. The lowest BCUT2D eigenvalue weighted by Crippen LogP contribution is -2.40. The number of nitrogens with one attached hydrogen (secondary N) is 2. The Morgan fingerprint density at radius 3 is 2.37 bits per heavy atom. The zero-order valence-electron chi connectivity index (χ0n) is 20.3. The highest BCUT2D eigenvalue weighted by Crippen LogP contribution is 2.17. The number of amides is 1. The van der Waals surface area contributed by atoms with Crippen LogP contribution in [-0.2, 0) is 16.0 Å². The maximum absolute atomic E-state index is 12.4. The Hall–Kier alpha value is -3.71. The zero-order valence-corrected chi connectivity index (χ0v) is 20.3. The second kappa shape index (κ2) is 13.9. The summed E-state index contributed by atoms with van der Waals surface area (Å²) in [5, 5.41) is 6.12. The van der Waals surface area contributed by atoms with Crippen LogP contribution in [0.1, 0.15) is 36.2 Å². The average molecular weight is 476 g/mol. The summed E-state index contributed by atoms with van der Waals surface area (Å²) in [5.74, 6) is 0.321. The number of hydrogen-bond donors (Lipinski definition) is 2. The van der Waals surface area contributed by atoms with Gasteiger partial charge in [-0.1, -0.05) is 37.3 Å². The predicted octanol–water partition coefficient (Wildman–Crippen LogP) is 4.03. The van der Waals surface area contributed by atoms with Gasteiger partial charge in [-0.05, 0) is 68.3 Å². The monoisotopic (exact) mass is 475 g/mol. The summed E-state index contributed by atoms with van der Waals surface area (Å²) in [5.41, 5.74) is 3.43. The van der Waals surface area contributed by atoms with Crippen LogP contribution < -0.4 is 15.4 Å². The Bertz CT molecular complexity index is 1050. The number of rotatable bonds is 13. The Morgan fingerprint density at radius 1 is 0.943 bits per heavy atom. The molecule has 0 aliphatic carbocycles. The molecule has 184 valence electrons. The van der Waals surface area contributed by atoms with E-state index in [4.69, 9.17) is 9.47 Å². The van der Waals surface area contributed by atoms with Crippen molar-refractivity contribution in [3.8, 4) is 17.0 Å². The van der Waals surface area contributed by atoms with Gasteiger partial charge in [0, 0.05) is 17.3 Å². The maximum atomic E-state index is 12.4. The second-order valence-corrected chi connectivity index (χ2v) is 8.00. The number of pyridine rings is 1. The molecule has 1 unspecified atom stereocenters. The van der Waals surface area contributed by atoms with Crippen LogP contribution in [0.2, 0.25) is 0 Å². The van der Waals surface area contributed by atoms with Crippen molar-refractivity contribution >= 4 is 11.9 Å². The van der Waals surface area contributed by atoms with E-state index in [1.165, 1.54) is 0 Å². The minimum atomic E-state index is -0.366. The van der Waals surface area contributed by atoms with Crippen molar-refractivity contribution in [3.63, 3.8) is 0 Å². The SMILES string of the molecule is CCCNC(Cc1ccc(OCCNC(=O)c2ccc(-c3ccccn3)cc2)cc1)C(=O)OCC. The molecule has 35 heavy (non-hydrogen) atoms. The molecule has 0 aliphatic rings. The van der Waals surface area contributed by atoms with E-state index in [1.807, 2.05) is 61.5 Å². The summed E-state index contributed by atoms with van der Waals surface area (Å²) in [7, 11) is 0. The van der Waals surface area contributed by atoms with E-state index < -0.39 is 0 Å². The Morgan fingerprint density at radius 2 is 1.71 bits per heavy atom. The molecule has 0 fully saturated rings. The van der Waals surface area contributed by atoms with E-state index in [9.17, 15) is 9.59 Å². The van der Waals surface area contributed by atoms with Gasteiger partial charge in [-0.2, -0.15) is 0 Å². The van der Waals surface area contributed by atoms with Crippen molar-refractivity contribution in [3.05, 3.63) is 84.1 Å². The first kappa shape index (κ1) is 25.9. The molecular formula is C28H33N3O4. The van der Waals surface area contributed by atoms with Gasteiger partial charge in [0.05, 0.1) is 18.8 Å². The van der Waals surface area contributed by atoms with Gasteiger partial charge in [-0.3, -0.25) is 14.6 Å². The number of carbonyl (C=O) groups excluding carboxylic acids is 2. The van der Waals surface area contributed by atoms with E-state index in [2.05, 4.69) is 22.5 Å². The lowest BCUT2D eigenvalue weighted by molar-refractivity contribution is -0.145. The fraction of sp³-hybridized carbons (Fsp3) is 0.321.